The molecule has 1 aliphatic rings. The number of carbonyl (C=O) groups is 1. The first-order chi connectivity index (χ1) is 11.1. The van der Waals surface area contributed by atoms with Gasteiger partial charge in [-0.1, -0.05) is 0 Å². The summed E-state index contributed by atoms with van der Waals surface area (Å²) in [7, 11) is 0. The van der Waals surface area contributed by atoms with Crippen LogP contribution in [0.1, 0.15) is 20.8 Å². The molecule has 23 heavy (non-hydrogen) atoms. The number of carboxylic acid groups (broad SMARTS) is 1. The second kappa shape index (κ2) is 5.20. The molecule has 2 N–H and O–H groups in total. The molecule has 0 fully saturated rings. The van der Waals surface area contributed by atoms with Gasteiger partial charge in [0.2, 0.25) is 0 Å². The highest BCUT2D eigenvalue weighted by Crippen LogP contribution is 2.33. The van der Waals surface area contributed by atoms with Gasteiger partial charge in [-0.05, 0) is 30.2 Å². The maximum absolute atomic E-state index is 12.0. The molecule has 3 aromatic heterocycles. The first-order valence-electron chi connectivity index (χ1n) is 7.20. The van der Waals surface area contributed by atoms with Gasteiger partial charge in [-0.3, -0.25) is 4.79 Å². The number of aromatic carboxylic acids is 1. The van der Waals surface area contributed by atoms with Crippen LogP contribution >= 0.6 is 11.3 Å². The average Bonchev–Trinajstić information content (AvgIpc) is 2.99. The minimum Gasteiger partial charge on any atom is -0.477 e. The zero-order valence-electron chi connectivity index (χ0n) is 12.1. The predicted molar refractivity (Wildman–Crippen MR) is 88.4 cm³/mol. The third-order valence-electron chi connectivity index (χ3n) is 4.10. The fraction of sp³-hybridized carbons (Fsp3) is 0.188. The summed E-state index contributed by atoms with van der Waals surface area (Å²) in [5.41, 5.74) is 1.75. The van der Waals surface area contributed by atoms with E-state index in [1.165, 1.54) is 11.3 Å². The number of fused-ring (bicyclic) bond motifs is 2. The molecule has 0 bridgehead atoms. The lowest BCUT2D eigenvalue weighted by Gasteiger charge is -2.29. The zero-order valence-corrected chi connectivity index (χ0v) is 12.9. The Morgan fingerprint density at radius 1 is 1.39 bits per heavy atom. The highest BCUT2D eigenvalue weighted by molar-refractivity contribution is 7.20. The molecule has 6 nitrogen and oxygen atoms in total. The van der Waals surface area contributed by atoms with Crippen molar-refractivity contribution in [2.24, 2.45) is 0 Å². The first-order valence-corrected chi connectivity index (χ1v) is 8.01. The van der Waals surface area contributed by atoms with Gasteiger partial charge in [0.25, 0.3) is 5.56 Å². The second-order valence-electron chi connectivity index (χ2n) is 5.44. The molecule has 0 spiro atoms. The molecule has 1 aliphatic heterocycles. The highest BCUT2D eigenvalue weighted by atomic mass is 32.1. The van der Waals surface area contributed by atoms with Crippen molar-refractivity contribution < 1.29 is 9.90 Å². The smallest absolute Gasteiger partial charge is 0.345 e. The average molecular weight is 327 g/mol. The molecule has 0 aliphatic carbocycles. The SMILES string of the molecule is O=C(O)c1cc2c(N3CCc4cc[nH]c(=O)c4C3)nccc2s1. The summed E-state index contributed by atoms with van der Waals surface area (Å²) in [4.78, 5) is 32.7. The normalized spacial score (nSPS) is 14.0. The van der Waals surface area contributed by atoms with Crippen LogP contribution in [0.25, 0.3) is 10.1 Å². The van der Waals surface area contributed by atoms with Crippen LogP contribution in [0.5, 0.6) is 0 Å². The Morgan fingerprint density at radius 2 is 2.26 bits per heavy atom. The van der Waals surface area contributed by atoms with Crippen LogP contribution in [0.4, 0.5) is 5.82 Å². The third-order valence-corrected chi connectivity index (χ3v) is 5.18. The fourth-order valence-corrected chi connectivity index (χ4v) is 3.86. The van der Waals surface area contributed by atoms with Gasteiger partial charge in [-0.15, -0.1) is 11.3 Å². The molecule has 0 amide bonds. The molecule has 4 heterocycles. The molecule has 0 aromatic carbocycles. The van der Waals surface area contributed by atoms with Gasteiger partial charge >= 0.3 is 5.97 Å². The summed E-state index contributed by atoms with van der Waals surface area (Å²) in [5, 5.41) is 10.0. The van der Waals surface area contributed by atoms with Gasteiger partial charge in [0.05, 0.1) is 6.54 Å². The van der Waals surface area contributed by atoms with E-state index in [1.807, 2.05) is 17.0 Å². The van der Waals surface area contributed by atoms with Crippen LogP contribution in [0, 0.1) is 0 Å². The van der Waals surface area contributed by atoms with Crippen LogP contribution in [-0.4, -0.2) is 27.6 Å². The summed E-state index contributed by atoms with van der Waals surface area (Å²) in [6.45, 7) is 1.23. The van der Waals surface area contributed by atoms with Gasteiger partial charge in [0.1, 0.15) is 10.7 Å². The molecule has 116 valence electrons. The maximum atomic E-state index is 12.0. The van der Waals surface area contributed by atoms with E-state index < -0.39 is 5.97 Å². The Labute approximate surface area is 135 Å². The predicted octanol–water partition coefficient (Wildman–Crippen LogP) is 2.25. The van der Waals surface area contributed by atoms with Crippen molar-refractivity contribution >= 4 is 33.2 Å². The molecule has 0 unspecified atom stereocenters. The van der Waals surface area contributed by atoms with Gasteiger partial charge in [-0.2, -0.15) is 0 Å². The lowest BCUT2D eigenvalue weighted by Crippen LogP contribution is -2.35. The largest absolute Gasteiger partial charge is 0.477 e. The van der Waals surface area contributed by atoms with Crippen LogP contribution in [-0.2, 0) is 13.0 Å². The number of aromatic nitrogens is 2. The number of hydrogen-bond donors (Lipinski definition) is 2. The monoisotopic (exact) mass is 327 g/mol. The number of anilines is 1. The number of carboxylic acids is 1. The van der Waals surface area contributed by atoms with Crippen molar-refractivity contribution in [1.29, 1.82) is 0 Å². The standard InChI is InChI=1S/C16H13N3O3S/c20-15-11-8-19(6-3-9(11)1-4-18-15)14-10-7-13(16(21)22)23-12(10)2-5-17-14/h1-2,4-5,7H,3,6,8H2,(H,18,20)(H,21,22). The molecular weight excluding hydrogens is 314 g/mol. The van der Waals surface area contributed by atoms with Crippen LogP contribution in [0.15, 0.2) is 35.4 Å². The highest BCUT2D eigenvalue weighted by Gasteiger charge is 2.22. The van der Waals surface area contributed by atoms with Gasteiger partial charge in [0.15, 0.2) is 0 Å². The lowest BCUT2D eigenvalue weighted by atomic mass is 10.0. The molecule has 4 rings (SSSR count). The third kappa shape index (κ3) is 2.29. The Hall–Kier alpha value is -2.67. The summed E-state index contributed by atoms with van der Waals surface area (Å²) in [6, 6.07) is 5.42. The Balaban J connectivity index is 1.80. The first kappa shape index (κ1) is 14.0. The molecule has 0 atom stereocenters. The Morgan fingerprint density at radius 3 is 3.09 bits per heavy atom. The maximum Gasteiger partial charge on any atom is 0.345 e. The second-order valence-corrected chi connectivity index (χ2v) is 6.53. The number of H-pyrrole nitrogens is 1. The topological polar surface area (TPSA) is 86.3 Å². The molecule has 0 radical (unpaired) electrons. The summed E-state index contributed by atoms with van der Waals surface area (Å²) >= 11 is 1.24. The molecular formula is C16H13N3O3S. The van der Waals surface area contributed by atoms with Crippen molar-refractivity contribution in [3.05, 3.63) is 57.0 Å². The quantitative estimate of drug-likeness (QED) is 0.754. The van der Waals surface area contributed by atoms with E-state index in [1.54, 1.807) is 18.5 Å². The van der Waals surface area contributed by atoms with Crippen LogP contribution < -0.4 is 10.5 Å². The zero-order chi connectivity index (χ0) is 16.0. The van der Waals surface area contributed by atoms with Crippen LogP contribution in [0.2, 0.25) is 0 Å². The van der Waals surface area contributed by atoms with E-state index >= 15 is 0 Å². The van der Waals surface area contributed by atoms with Crippen molar-refractivity contribution in [1.82, 2.24) is 9.97 Å². The van der Waals surface area contributed by atoms with Gasteiger partial charge in [0, 0.05) is 34.6 Å². The van der Waals surface area contributed by atoms with Crippen molar-refractivity contribution in [2.75, 3.05) is 11.4 Å². The van der Waals surface area contributed by atoms with Crippen LogP contribution in [0.3, 0.4) is 0 Å². The Bertz CT molecular complexity index is 976. The summed E-state index contributed by atoms with van der Waals surface area (Å²) < 4.78 is 0.889. The van der Waals surface area contributed by atoms with E-state index in [-0.39, 0.29) is 5.56 Å². The molecule has 7 heteroatoms. The van der Waals surface area contributed by atoms with E-state index in [4.69, 9.17) is 0 Å². The minimum atomic E-state index is -0.933. The van der Waals surface area contributed by atoms with Gasteiger partial charge < -0.3 is 15.0 Å². The lowest BCUT2D eigenvalue weighted by molar-refractivity contribution is 0.0702. The van der Waals surface area contributed by atoms with E-state index in [9.17, 15) is 14.7 Å². The number of aromatic amines is 1. The number of hydrogen-bond acceptors (Lipinski definition) is 5. The number of pyridine rings is 2. The van der Waals surface area contributed by atoms with E-state index in [0.29, 0.717) is 11.4 Å². The van der Waals surface area contributed by atoms with Gasteiger partial charge in [-0.25, -0.2) is 9.78 Å². The van der Waals surface area contributed by atoms with Crippen molar-refractivity contribution in [3.8, 4) is 0 Å². The van der Waals surface area contributed by atoms with Crippen molar-refractivity contribution in [3.63, 3.8) is 0 Å². The number of rotatable bonds is 2. The molecule has 0 saturated heterocycles. The molecule has 3 aromatic rings. The van der Waals surface area contributed by atoms with E-state index in [0.717, 1.165) is 40.0 Å². The fourth-order valence-electron chi connectivity index (χ4n) is 2.97. The number of thiophene rings is 1. The number of nitrogens with one attached hydrogen (secondary N) is 1. The van der Waals surface area contributed by atoms with E-state index in [2.05, 4.69) is 9.97 Å². The molecule has 0 saturated carbocycles. The minimum absolute atomic E-state index is 0.0732. The Kier molecular flexibility index (Phi) is 3.16. The summed E-state index contributed by atoms with van der Waals surface area (Å²) in [5.74, 6) is -0.197. The van der Waals surface area contributed by atoms with Crippen molar-refractivity contribution in [2.45, 2.75) is 13.0 Å². The summed E-state index contributed by atoms with van der Waals surface area (Å²) in [6.07, 6.45) is 4.13. The number of nitrogens with zero attached hydrogens (tertiary/aromatic N) is 2.